The summed E-state index contributed by atoms with van der Waals surface area (Å²) < 4.78 is 6.80. The highest BCUT2D eigenvalue weighted by Crippen LogP contribution is 2.31. The number of anilines is 1. The summed E-state index contributed by atoms with van der Waals surface area (Å²) in [5.41, 5.74) is 6.58. The summed E-state index contributed by atoms with van der Waals surface area (Å²) in [5.74, 6) is 0.706. The maximum atomic E-state index is 13.4. The first-order valence-corrected chi connectivity index (χ1v) is 12.5. The summed E-state index contributed by atoms with van der Waals surface area (Å²) in [5, 5.41) is 4.40. The van der Waals surface area contributed by atoms with Crippen LogP contribution < -0.4 is 10.3 Å². The van der Waals surface area contributed by atoms with Crippen LogP contribution in [0.25, 0.3) is 0 Å². The number of hydrazone groups is 1. The van der Waals surface area contributed by atoms with Crippen molar-refractivity contribution >= 4 is 39.1 Å². The summed E-state index contributed by atoms with van der Waals surface area (Å²) >= 11 is 3.32. The van der Waals surface area contributed by atoms with E-state index in [1.165, 1.54) is 11.9 Å². The minimum Gasteiger partial charge on any atom is -0.455 e. The lowest BCUT2D eigenvalue weighted by Gasteiger charge is -2.35. The number of rotatable bonds is 4. The molecule has 0 bridgehead atoms. The van der Waals surface area contributed by atoms with Crippen LogP contribution >= 0.6 is 15.9 Å². The van der Waals surface area contributed by atoms with Gasteiger partial charge in [-0.25, -0.2) is 5.43 Å². The van der Waals surface area contributed by atoms with Gasteiger partial charge in [-0.2, -0.15) is 5.10 Å². The Hall–Kier alpha value is -3.46. The second-order valence-electron chi connectivity index (χ2n) is 8.71. The highest BCUT2D eigenvalue weighted by molar-refractivity contribution is 9.10. The Morgan fingerprint density at radius 2 is 1.86 bits per heavy atom. The van der Waals surface area contributed by atoms with Crippen molar-refractivity contribution in [1.82, 2.24) is 15.3 Å². The number of hydrogen-bond acceptors (Lipinski definition) is 6. The number of furan rings is 1. The normalized spacial score (nSPS) is 16.8. The summed E-state index contributed by atoms with van der Waals surface area (Å²) in [6.07, 6.45) is 5.40. The second kappa shape index (κ2) is 10.0. The van der Waals surface area contributed by atoms with E-state index in [-0.39, 0.29) is 11.8 Å². The van der Waals surface area contributed by atoms with Crippen LogP contribution in [0.1, 0.15) is 50.6 Å². The molecule has 2 amide bonds. The number of pyridine rings is 1. The Labute approximate surface area is 212 Å². The predicted octanol–water partition coefficient (Wildman–Crippen LogP) is 4.18. The van der Waals surface area contributed by atoms with E-state index in [9.17, 15) is 9.59 Å². The van der Waals surface area contributed by atoms with E-state index in [2.05, 4.69) is 48.5 Å². The average Bonchev–Trinajstić information content (AvgIpc) is 3.24. The molecule has 0 radical (unpaired) electrons. The number of nitrogens with zero attached hydrogens (tertiary/aromatic N) is 4. The van der Waals surface area contributed by atoms with Crippen LogP contribution in [0.3, 0.4) is 0 Å². The third-order valence-electron chi connectivity index (χ3n) is 6.47. The largest absolute Gasteiger partial charge is 0.455 e. The molecular formula is C26H26BrN5O3. The van der Waals surface area contributed by atoms with E-state index in [0.717, 1.165) is 53.0 Å². The van der Waals surface area contributed by atoms with E-state index in [1.807, 2.05) is 30.0 Å². The van der Waals surface area contributed by atoms with Gasteiger partial charge in [0.15, 0.2) is 5.76 Å². The van der Waals surface area contributed by atoms with Crippen molar-refractivity contribution in [1.29, 1.82) is 0 Å². The highest BCUT2D eigenvalue weighted by Gasteiger charge is 2.31. The lowest BCUT2D eigenvalue weighted by molar-refractivity contribution is 0.0711. The third-order valence-corrected chi connectivity index (χ3v) is 6.90. The Kier molecular flexibility index (Phi) is 6.68. The fraction of sp³-hybridized carbons (Fsp3) is 0.308. The van der Waals surface area contributed by atoms with Crippen molar-refractivity contribution in [3.05, 3.63) is 81.5 Å². The molecule has 1 N–H and O–H groups in total. The van der Waals surface area contributed by atoms with Gasteiger partial charge in [0.25, 0.3) is 11.8 Å². The van der Waals surface area contributed by atoms with Gasteiger partial charge < -0.3 is 14.2 Å². The fourth-order valence-corrected chi connectivity index (χ4v) is 5.02. The number of halogens is 1. The number of hydrogen-bond donors (Lipinski definition) is 1. The molecule has 2 aromatic heterocycles. The summed E-state index contributed by atoms with van der Waals surface area (Å²) in [4.78, 5) is 34.1. The number of fused-ring (bicyclic) bond motifs is 1. The van der Waals surface area contributed by atoms with Gasteiger partial charge in [0.1, 0.15) is 5.76 Å². The number of para-hydroxylation sites is 1. The Balaban J connectivity index is 1.31. The molecular weight excluding hydrogens is 510 g/mol. The van der Waals surface area contributed by atoms with Crippen molar-refractivity contribution in [3.8, 4) is 0 Å². The zero-order chi connectivity index (χ0) is 24.4. The first kappa shape index (κ1) is 23.3. The van der Waals surface area contributed by atoms with Crippen LogP contribution in [0.4, 0.5) is 5.69 Å². The maximum Gasteiger partial charge on any atom is 0.289 e. The third kappa shape index (κ3) is 4.86. The lowest BCUT2D eigenvalue weighted by Crippen LogP contribution is -2.48. The molecule has 1 fully saturated rings. The number of aryl methyl sites for hydroxylation is 1. The molecule has 3 aromatic rings. The number of amides is 2. The van der Waals surface area contributed by atoms with Crippen LogP contribution in [0.5, 0.6) is 0 Å². The fourth-order valence-electron chi connectivity index (χ4n) is 4.65. The first-order valence-electron chi connectivity index (χ1n) is 11.7. The molecule has 1 aliphatic carbocycles. The minimum atomic E-state index is -0.341. The molecule has 1 saturated heterocycles. The van der Waals surface area contributed by atoms with Crippen LogP contribution in [0, 0.1) is 6.92 Å². The zero-order valence-electron chi connectivity index (χ0n) is 19.5. The van der Waals surface area contributed by atoms with Gasteiger partial charge in [-0.15, -0.1) is 0 Å². The Morgan fingerprint density at radius 3 is 2.60 bits per heavy atom. The molecule has 8 nitrogen and oxygen atoms in total. The summed E-state index contributed by atoms with van der Waals surface area (Å²) in [6, 6.07) is 11.9. The molecule has 2 aliphatic rings. The average molecular weight is 536 g/mol. The van der Waals surface area contributed by atoms with Crippen LogP contribution in [-0.2, 0) is 6.42 Å². The van der Waals surface area contributed by atoms with E-state index < -0.39 is 0 Å². The van der Waals surface area contributed by atoms with Gasteiger partial charge in [0.05, 0.1) is 11.3 Å². The molecule has 0 unspecified atom stereocenters. The molecule has 5 rings (SSSR count). The molecule has 180 valence electrons. The Morgan fingerprint density at radius 1 is 1.09 bits per heavy atom. The van der Waals surface area contributed by atoms with Gasteiger partial charge in [0.2, 0.25) is 0 Å². The van der Waals surface area contributed by atoms with E-state index in [4.69, 9.17) is 4.42 Å². The lowest BCUT2D eigenvalue weighted by atomic mass is 9.93. The maximum absolute atomic E-state index is 13.4. The number of carbonyl (C=O) groups excluding carboxylic acids is 2. The number of aromatic nitrogens is 1. The van der Waals surface area contributed by atoms with Crippen LogP contribution in [0.2, 0.25) is 0 Å². The highest BCUT2D eigenvalue weighted by atomic mass is 79.9. The van der Waals surface area contributed by atoms with Crippen molar-refractivity contribution < 1.29 is 14.0 Å². The van der Waals surface area contributed by atoms with Gasteiger partial charge in [0, 0.05) is 66.3 Å². The topological polar surface area (TPSA) is 91.0 Å². The summed E-state index contributed by atoms with van der Waals surface area (Å²) in [6.45, 7) is 4.72. The standard InChI is InChI=1S/C26H26BrN5O3/c1-17-23-21(29-30-25(33)18-14-19(27)16-28-15-18)8-5-9-22(23)35-24(17)26(34)32-12-10-31(11-13-32)20-6-3-2-4-7-20/h2-4,6-7,14-16H,5,8-13H2,1H3,(H,30,33)/b29-21+. The van der Waals surface area contributed by atoms with Gasteiger partial charge >= 0.3 is 0 Å². The molecule has 1 aromatic carbocycles. The van der Waals surface area contributed by atoms with Gasteiger partial charge in [-0.1, -0.05) is 18.2 Å². The van der Waals surface area contributed by atoms with E-state index in [1.54, 1.807) is 12.3 Å². The molecule has 9 heteroatoms. The smallest absolute Gasteiger partial charge is 0.289 e. The van der Waals surface area contributed by atoms with Gasteiger partial charge in [-0.3, -0.25) is 14.6 Å². The second-order valence-corrected chi connectivity index (χ2v) is 9.63. The van der Waals surface area contributed by atoms with Crippen molar-refractivity contribution in [2.24, 2.45) is 5.10 Å². The minimum absolute atomic E-state index is 0.0896. The van der Waals surface area contributed by atoms with Crippen molar-refractivity contribution in [3.63, 3.8) is 0 Å². The number of nitrogens with one attached hydrogen (secondary N) is 1. The molecule has 1 aliphatic heterocycles. The summed E-state index contributed by atoms with van der Waals surface area (Å²) in [7, 11) is 0. The number of benzene rings is 1. The predicted molar refractivity (Wildman–Crippen MR) is 137 cm³/mol. The van der Waals surface area contributed by atoms with E-state index in [0.29, 0.717) is 30.8 Å². The number of carbonyl (C=O) groups is 2. The molecule has 3 heterocycles. The zero-order valence-corrected chi connectivity index (χ0v) is 21.0. The van der Waals surface area contributed by atoms with E-state index >= 15 is 0 Å². The SMILES string of the molecule is Cc1c(C(=O)N2CCN(c3ccccc3)CC2)oc2c1/C(=N/NC(=O)c1cncc(Br)c1)CCC2. The molecule has 0 atom stereocenters. The van der Waals surface area contributed by atoms with Crippen LogP contribution in [0.15, 0.2) is 62.8 Å². The quantitative estimate of drug-likeness (QED) is 0.506. The van der Waals surface area contributed by atoms with Crippen molar-refractivity contribution in [2.45, 2.75) is 26.2 Å². The Bertz CT molecular complexity index is 1280. The molecule has 0 saturated carbocycles. The van der Waals surface area contributed by atoms with Gasteiger partial charge in [-0.05, 0) is 53.9 Å². The monoisotopic (exact) mass is 535 g/mol. The van der Waals surface area contributed by atoms with Crippen LogP contribution in [-0.4, -0.2) is 53.6 Å². The molecule has 35 heavy (non-hydrogen) atoms. The number of piperazine rings is 1. The molecule has 0 spiro atoms. The van der Waals surface area contributed by atoms with Crippen molar-refractivity contribution in [2.75, 3.05) is 31.1 Å². The first-order chi connectivity index (χ1) is 17.0.